The van der Waals surface area contributed by atoms with Gasteiger partial charge in [0.05, 0.1) is 24.8 Å². The molecule has 2 N–H and O–H groups in total. The second-order valence-corrected chi connectivity index (χ2v) is 9.26. The Morgan fingerprint density at radius 3 is 2.49 bits per heavy atom. The molecule has 4 aromatic rings. The normalized spacial score (nSPS) is 17.1. The Bertz CT molecular complexity index is 1500. The van der Waals surface area contributed by atoms with E-state index in [1.54, 1.807) is 37.6 Å². The van der Waals surface area contributed by atoms with E-state index in [0.717, 1.165) is 22.0 Å². The molecule has 1 aliphatic rings. The first kappa shape index (κ1) is 24.2. The number of ether oxygens (including phenoxy) is 2. The number of benzene rings is 3. The number of amides is 1. The van der Waals surface area contributed by atoms with Crippen LogP contribution in [0.2, 0.25) is 0 Å². The van der Waals surface area contributed by atoms with Crippen molar-refractivity contribution in [1.29, 1.82) is 0 Å². The molecule has 0 saturated carbocycles. The van der Waals surface area contributed by atoms with Gasteiger partial charge < -0.3 is 24.5 Å². The molecule has 0 spiro atoms. The van der Waals surface area contributed by atoms with E-state index in [1.807, 2.05) is 62.4 Å². The molecule has 7 nitrogen and oxygen atoms in total. The van der Waals surface area contributed by atoms with E-state index in [4.69, 9.17) is 9.47 Å². The van der Waals surface area contributed by atoms with Crippen molar-refractivity contribution in [3.63, 3.8) is 0 Å². The number of H-pyrrole nitrogens is 1. The number of ketones is 1. The number of nitrogens with one attached hydrogen (secondary N) is 1. The Kier molecular flexibility index (Phi) is 6.44. The number of carbonyl (C=O) groups excluding carboxylic acids is 2. The average Bonchev–Trinajstić information content (AvgIpc) is 3.43. The molecule has 37 heavy (non-hydrogen) atoms. The summed E-state index contributed by atoms with van der Waals surface area (Å²) >= 11 is 0. The van der Waals surface area contributed by atoms with Crippen LogP contribution in [-0.2, 0) is 16.1 Å². The van der Waals surface area contributed by atoms with Gasteiger partial charge in [0.1, 0.15) is 17.3 Å². The van der Waals surface area contributed by atoms with Crippen LogP contribution in [0.25, 0.3) is 16.7 Å². The molecule has 2 heterocycles. The van der Waals surface area contributed by atoms with Crippen LogP contribution < -0.4 is 9.47 Å². The van der Waals surface area contributed by atoms with Crippen LogP contribution in [0.5, 0.6) is 11.5 Å². The van der Waals surface area contributed by atoms with Crippen molar-refractivity contribution in [3.8, 4) is 11.5 Å². The monoisotopic (exact) mass is 496 g/mol. The van der Waals surface area contributed by atoms with Crippen molar-refractivity contribution in [2.75, 3.05) is 7.11 Å². The lowest BCUT2D eigenvalue weighted by Crippen LogP contribution is -2.29. The predicted molar refractivity (Wildman–Crippen MR) is 141 cm³/mol. The van der Waals surface area contributed by atoms with Gasteiger partial charge in [-0.05, 0) is 49.7 Å². The molecule has 7 heteroatoms. The Morgan fingerprint density at radius 1 is 1.00 bits per heavy atom. The number of aromatic amines is 1. The van der Waals surface area contributed by atoms with Crippen LogP contribution in [-0.4, -0.2) is 39.9 Å². The van der Waals surface area contributed by atoms with E-state index in [-0.39, 0.29) is 24.0 Å². The Labute approximate surface area is 214 Å². The number of Topliss-reactive ketones (excluding diaryl/α,β-unsaturated/α-hetero) is 1. The number of para-hydroxylation sites is 1. The number of nitrogens with zero attached hydrogens (tertiary/aromatic N) is 1. The summed E-state index contributed by atoms with van der Waals surface area (Å²) in [5.74, 6) is -0.364. The van der Waals surface area contributed by atoms with Crippen molar-refractivity contribution in [2.45, 2.75) is 32.5 Å². The minimum Gasteiger partial charge on any atom is -0.507 e. The van der Waals surface area contributed by atoms with Crippen molar-refractivity contribution in [3.05, 3.63) is 101 Å². The molecule has 1 unspecified atom stereocenters. The topological polar surface area (TPSA) is 91.9 Å². The lowest BCUT2D eigenvalue weighted by molar-refractivity contribution is -0.140. The highest BCUT2D eigenvalue weighted by Crippen LogP contribution is 2.43. The summed E-state index contributed by atoms with van der Waals surface area (Å²) in [7, 11) is 1.59. The molecule has 188 valence electrons. The number of fused-ring (bicyclic) bond motifs is 1. The first-order valence-electron chi connectivity index (χ1n) is 12.1. The van der Waals surface area contributed by atoms with Gasteiger partial charge in [-0.15, -0.1) is 0 Å². The van der Waals surface area contributed by atoms with Crippen molar-refractivity contribution in [2.24, 2.45) is 0 Å². The highest BCUT2D eigenvalue weighted by molar-refractivity contribution is 6.46. The third-order valence-corrected chi connectivity index (χ3v) is 6.45. The Morgan fingerprint density at radius 2 is 1.76 bits per heavy atom. The molecular weight excluding hydrogens is 468 g/mol. The van der Waals surface area contributed by atoms with Gasteiger partial charge in [-0.1, -0.05) is 42.5 Å². The number of hydrogen-bond acceptors (Lipinski definition) is 5. The van der Waals surface area contributed by atoms with Crippen molar-refractivity contribution >= 4 is 28.4 Å². The molecule has 0 aliphatic carbocycles. The zero-order chi connectivity index (χ0) is 26.1. The lowest BCUT2D eigenvalue weighted by atomic mass is 9.94. The van der Waals surface area contributed by atoms with Gasteiger partial charge >= 0.3 is 0 Å². The zero-order valence-corrected chi connectivity index (χ0v) is 20.9. The highest BCUT2D eigenvalue weighted by atomic mass is 16.5. The van der Waals surface area contributed by atoms with Gasteiger partial charge in [-0.2, -0.15) is 0 Å². The second-order valence-electron chi connectivity index (χ2n) is 9.26. The molecular formula is C30H28N2O5. The third-order valence-electron chi connectivity index (χ3n) is 6.45. The molecule has 1 saturated heterocycles. The maximum absolute atomic E-state index is 13.5. The first-order valence-corrected chi connectivity index (χ1v) is 12.1. The highest BCUT2D eigenvalue weighted by Gasteiger charge is 2.46. The summed E-state index contributed by atoms with van der Waals surface area (Å²) in [5, 5.41) is 12.3. The van der Waals surface area contributed by atoms with Crippen LogP contribution in [0.1, 0.15) is 36.6 Å². The lowest BCUT2D eigenvalue weighted by Gasteiger charge is -2.25. The maximum Gasteiger partial charge on any atom is 0.295 e. The number of hydrogen-bond donors (Lipinski definition) is 2. The fourth-order valence-electron chi connectivity index (χ4n) is 4.76. The predicted octanol–water partition coefficient (Wildman–Crippen LogP) is 5.59. The summed E-state index contributed by atoms with van der Waals surface area (Å²) < 4.78 is 11.0. The Balaban J connectivity index is 1.65. The molecule has 1 aliphatic heterocycles. The SMILES string of the molecule is COc1ccc(CN2C(=O)C(=O)/C(=C(/O)c3cccc(OC(C)C)c3)C2c2c[nH]c3ccccc23)cc1. The summed E-state index contributed by atoms with van der Waals surface area (Å²) in [6.45, 7) is 4.01. The number of aromatic nitrogens is 1. The van der Waals surface area contributed by atoms with Crippen LogP contribution in [0, 0.1) is 0 Å². The average molecular weight is 497 g/mol. The second kappa shape index (κ2) is 9.85. The van der Waals surface area contributed by atoms with E-state index < -0.39 is 17.7 Å². The molecule has 0 radical (unpaired) electrons. The molecule has 0 bridgehead atoms. The molecule has 5 rings (SSSR count). The smallest absolute Gasteiger partial charge is 0.295 e. The third kappa shape index (κ3) is 4.56. The number of aliphatic hydroxyl groups is 1. The van der Waals surface area contributed by atoms with Gasteiger partial charge in [0.2, 0.25) is 0 Å². The van der Waals surface area contributed by atoms with Gasteiger partial charge in [0, 0.05) is 34.8 Å². The molecule has 1 aromatic heterocycles. The van der Waals surface area contributed by atoms with Gasteiger partial charge in [-0.3, -0.25) is 9.59 Å². The molecule has 1 atom stereocenters. The van der Waals surface area contributed by atoms with E-state index in [2.05, 4.69) is 4.98 Å². The maximum atomic E-state index is 13.5. The van der Waals surface area contributed by atoms with Gasteiger partial charge in [0.15, 0.2) is 0 Å². The van der Waals surface area contributed by atoms with Crippen LogP contribution >= 0.6 is 0 Å². The van der Waals surface area contributed by atoms with Crippen LogP contribution in [0.3, 0.4) is 0 Å². The largest absolute Gasteiger partial charge is 0.507 e. The van der Waals surface area contributed by atoms with E-state index in [0.29, 0.717) is 17.1 Å². The summed E-state index contributed by atoms with van der Waals surface area (Å²) in [5.41, 5.74) is 2.90. The van der Waals surface area contributed by atoms with Crippen LogP contribution in [0.15, 0.2) is 84.6 Å². The van der Waals surface area contributed by atoms with Crippen molar-refractivity contribution in [1.82, 2.24) is 9.88 Å². The summed E-state index contributed by atoms with van der Waals surface area (Å²) in [6.07, 6.45) is 1.74. The minimum absolute atomic E-state index is 0.0463. The fourth-order valence-corrected chi connectivity index (χ4v) is 4.76. The molecule has 1 fully saturated rings. The quantitative estimate of drug-likeness (QED) is 0.198. The number of rotatable bonds is 7. The minimum atomic E-state index is -0.784. The van der Waals surface area contributed by atoms with E-state index in [1.165, 1.54) is 4.90 Å². The van der Waals surface area contributed by atoms with Crippen LogP contribution in [0.4, 0.5) is 0 Å². The van der Waals surface area contributed by atoms with Gasteiger partial charge in [-0.25, -0.2) is 0 Å². The van der Waals surface area contributed by atoms with Crippen molar-refractivity contribution < 1.29 is 24.2 Å². The summed E-state index contributed by atoms with van der Waals surface area (Å²) in [4.78, 5) is 31.6. The molecule has 3 aromatic carbocycles. The van der Waals surface area contributed by atoms with E-state index >= 15 is 0 Å². The number of methoxy groups -OCH3 is 1. The summed E-state index contributed by atoms with van der Waals surface area (Å²) in [6, 6.07) is 21.2. The Hall–Kier alpha value is -4.52. The number of likely N-dealkylation sites (tertiary alicyclic amines) is 1. The first-order chi connectivity index (χ1) is 17.9. The van der Waals surface area contributed by atoms with Gasteiger partial charge in [0.25, 0.3) is 11.7 Å². The number of aliphatic hydroxyl groups excluding tert-OH is 1. The van der Waals surface area contributed by atoms with E-state index in [9.17, 15) is 14.7 Å². The number of carbonyl (C=O) groups is 2. The molecule has 1 amide bonds. The zero-order valence-electron chi connectivity index (χ0n) is 20.9. The fraction of sp³-hybridized carbons (Fsp3) is 0.200. The standard InChI is InChI=1S/C30H28N2O5/c1-18(2)37-22-8-6-7-20(15-22)28(33)26-27(24-16-31-25-10-5-4-9-23(24)25)32(30(35)29(26)34)17-19-11-13-21(36-3)14-12-19/h4-16,18,27,31,33H,17H2,1-3H3/b28-26+.